The Morgan fingerprint density at radius 1 is 1.14 bits per heavy atom. The van der Waals surface area contributed by atoms with Gasteiger partial charge in [-0.1, -0.05) is 12.1 Å². The molecule has 0 aromatic heterocycles. The smallest absolute Gasteiger partial charge is 0.251 e. The fourth-order valence-corrected chi connectivity index (χ4v) is 2.19. The Morgan fingerprint density at radius 2 is 1.86 bits per heavy atom. The number of ether oxygens (including phenoxy) is 2. The first-order valence-electron chi connectivity index (χ1n) is 7.58. The Bertz CT molecular complexity index is 637. The molecule has 1 N–H and O–H groups in total. The van der Waals surface area contributed by atoms with Gasteiger partial charge in [0.15, 0.2) is 0 Å². The highest BCUT2D eigenvalue weighted by atomic mass is 16.5. The summed E-state index contributed by atoms with van der Waals surface area (Å²) in [6.45, 7) is 5.28. The topological polar surface area (TPSA) is 47.6 Å². The molecule has 118 valence electrons. The molecule has 0 spiro atoms. The van der Waals surface area contributed by atoms with Crippen LogP contribution < -0.4 is 10.1 Å². The molecule has 0 bridgehead atoms. The summed E-state index contributed by atoms with van der Waals surface area (Å²) in [5, 5.41) is 5.00. The van der Waals surface area contributed by atoms with Gasteiger partial charge in [0.2, 0.25) is 0 Å². The number of methoxy groups -OCH3 is 1. The fourth-order valence-electron chi connectivity index (χ4n) is 2.19. The molecular formula is C18H23NO3. The highest BCUT2D eigenvalue weighted by molar-refractivity contribution is 5.98. The van der Waals surface area contributed by atoms with Gasteiger partial charge in [-0.05, 0) is 55.3 Å². The minimum atomic E-state index is -0.0535. The van der Waals surface area contributed by atoms with Gasteiger partial charge in [0.25, 0.3) is 5.91 Å². The molecule has 4 nitrogen and oxygen atoms in total. The van der Waals surface area contributed by atoms with Gasteiger partial charge in [-0.15, -0.1) is 0 Å². The summed E-state index contributed by atoms with van der Waals surface area (Å²) in [6.07, 6.45) is 1.04. The van der Waals surface area contributed by atoms with Gasteiger partial charge in [-0.25, -0.2) is 0 Å². The van der Waals surface area contributed by atoms with Gasteiger partial charge in [0.1, 0.15) is 5.75 Å². The predicted octanol–water partition coefficient (Wildman–Crippen LogP) is 3.39. The lowest BCUT2D eigenvalue weighted by atomic mass is 10.1. The number of hydrogen-bond acceptors (Lipinski definition) is 3. The van der Waals surface area contributed by atoms with Crippen molar-refractivity contribution in [2.24, 2.45) is 0 Å². The Balaban J connectivity index is 1.94. The maximum absolute atomic E-state index is 12.1. The zero-order valence-electron chi connectivity index (χ0n) is 13.4. The highest BCUT2D eigenvalue weighted by Gasteiger charge is 2.06. The Kier molecular flexibility index (Phi) is 5.78. The lowest BCUT2D eigenvalue weighted by Gasteiger charge is -2.09. The summed E-state index contributed by atoms with van der Waals surface area (Å²) in [4.78, 5) is 12.1. The normalized spacial score (nSPS) is 10.9. The van der Waals surface area contributed by atoms with E-state index in [4.69, 9.17) is 9.47 Å². The van der Waals surface area contributed by atoms with Crippen LogP contribution in [0, 0.1) is 0 Å². The van der Waals surface area contributed by atoms with Crippen molar-refractivity contribution >= 4 is 16.7 Å². The summed E-state index contributed by atoms with van der Waals surface area (Å²) >= 11 is 0. The first-order valence-corrected chi connectivity index (χ1v) is 7.58. The molecule has 0 atom stereocenters. The first-order chi connectivity index (χ1) is 10.6. The molecule has 0 aliphatic rings. The average molecular weight is 301 g/mol. The molecular weight excluding hydrogens is 278 g/mol. The third kappa shape index (κ3) is 4.46. The third-order valence-electron chi connectivity index (χ3n) is 3.37. The number of benzene rings is 2. The second-order valence-electron chi connectivity index (χ2n) is 5.46. The summed E-state index contributed by atoms with van der Waals surface area (Å²) < 4.78 is 10.6. The van der Waals surface area contributed by atoms with Crippen molar-refractivity contribution in [1.82, 2.24) is 5.32 Å². The van der Waals surface area contributed by atoms with E-state index in [1.807, 2.05) is 50.2 Å². The third-order valence-corrected chi connectivity index (χ3v) is 3.37. The van der Waals surface area contributed by atoms with Crippen molar-refractivity contribution < 1.29 is 14.3 Å². The van der Waals surface area contributed by atoms with E-state index in [2.05, 4.69) is 5.32 Å². The van der Waals surface area contributed by atoms with Crippen LogP contribution in [0.5, 0.6) is 5.75 Å². The van der Waals surface area contributed by atoms with E-state index in [0.717, 1.165) is 22.9 Å². The number of hydrogen-bond donors (Lipinski definition) is 1. The van der Waals surface area contributed by atoms with Crippen LogP contribution in [0.1, 0.15) is 30.6 Å². The van der Waals surface area contributed by atoms with Crippen molar-refractivity contribution in [3.63, 3.8) is 0 Å². The van der Waals surface area contributed by atoms with E-state index >= 15 is 0 Å². The monoisotopic (exact) mass is 301 g/mol. The van der Waals surface area contributed by atoms with Crippen LogP contribution in [-0.4, -0.2) is 32.3 Å². The summed E-state index contributed by atoms with van der Waals surface area (Å²) in [5.41, 5.74) is 0.669. The van der Waals surface area contributed by atoms with Crippen molar-refractivity contribution in [2.45, 2.75) is 26.4 Å². The number of fused-ring (bicyclic) bond motifs is 1. The number of carbonyl (C=O) groups is 1. The summed E-state index contributed by atoms with van der Waals surface area (Å²) in [5.74, 6) is 0.761. The first kappa shape index (κ1) is 16.3. The molecule has 4 heteroatoms. The lowest BCUT2D eigenvalue weighted by molar-refractivity contribution is 0.0757. The lowest BCUT2D eigenvalue weighted by Crippen LogP contribution is -2.25. The minimum Gasteiger partial charge on any atom is -0.497 e. The molecule has 2 aromatic carbocycles. The molecule has 0 aliphatic heterocycles. The molecule has 2 aromatic rings. The molecule has 1 amide bonds. The van der Waals surface area contributed by atoms with E-state index in [0.29, 0.717) is 18.7 Å². The van der Waals surface area contributed by atoms with Crippen LogP contribution >= 0.6 is 0 Å². The van der Waals surface area contributed by atoms with Gasteiger partial charge in [0, 0.05) is 18.7 Å². The van der Waals surface area contributed by atoms with E-state index < -0.39 is 0 Å². The van der Waals surface area contributed by atoms with E-state index in [1.54, 1.807) is 7.11 Å². The molecule has 0 unspecified atom stereocenters. The Morgan fingerprint density at radius 3 is 2.59 bits per heavy atom. The molecule has 0 heterocycles. The molecule has 0 aliphatic carbocycles. The Hall–Kier alpha value is -2.07. The maximum Gasteiger partial charge on any atom is 0.251 e. The standard InChI is InChI=1S/C18H23NO3/c1-13(2)22-10-4-9-19-18(20)16-6-5-15-12-17(21-3)8-7-14(15)11-16/h5-8,11-13H,4,9-10H2,1-3H3,(H,19,20). The predicted molar refractivity (Wildman–Crippen MR) is 88.5 cm³/mol. The SMILES string of the molecule is COc1ccc2cc(C(=O)NCCCOC(C)C)ccc2c1. The zero-order chi connectivity index (χ0) is 15.9. The van der Waals surface area contributed by atoms with Crippen LogP contribution in [0.3, 0.4) is 0 Å². The van der Waals surface area contributed by atoms with E-state index in [9.17, 15) is 4.79 Å². The van der Waals surface area contributed by atoms with Gasteiger partial charge in [0.05, 0.1) is 13.2 Å². The van der Waals surface area contributed by atoms with Crippen molar-refractivity contribution in [2.75, 3.05) is 20.3 Å². The van der Waals surface area contributed by atoms with Crippen LogP contribution in [0.25, 0.3) is 10.8 Å². The van der Waals surface area contributed by atoms with E-state index in [1.165, 1.54) is 0 Å². The number of nitrogens with one attached hydrogen (secondary N) is 1. The Labute approximate surface area is 131 Å². The second-order valence-corrected chi connectivity index (χ2v) is 5.46. The van der Waals surface area contributed by atoms with Crippen LogP contribution in [0.4, 0.5) is 0 Å². The summed E-state index contributed by atoms with van der Waals surface area (Å²) in [7, 11) is 1.64. The van der Waals surface area contributed by atoms with Gasteiger partial charge >= 0.3 is 0 Å². The minimum absolute atomic E-state index is 0.0535. The summed E-state index contributed by atoms with van der Waals surface area (Å²) in [6, 6.07) is 11.5. The molecule has 0 radical (unpaired) electrons. The molecule has 0 saturated carbocycles. The molecule has 2 rings (SSSR count). The van der Waals surface area contributed by atoms with Gasteiger partial charge in [-0.2, -0.15) is 0 Å². The van der Waals surface area contributed by atoms with Crippen LogP contribution in [0.2, 0.25) is 0 Å². The van der Waals surface area contributed by atoms with Crippen molar-refractivity contribution in [3.8, 4) is 5.75 Å². The van der Waals surface area contributed by atoms with Gasteiger partial charge in [-0.3, -0.25) is 4.79 Å². The van der Waals surface area contributed by atoms with Gasteiger partial charge < -0.3 is 14.8 Å². The second kappa shape index (κ2) is 7.80. The fraction of sp³-hybridized carbons (Fsp3) is 0.389. The average Bonchev–Trinajstić information content (AvgIpc) is 2.53. The van der Waals surface area contributed by atoms with Crippen molar-refractivity contribution in [3.05, 3.63) is 42.0 Å². The maximum atomic E-state index is 12.1. The quantitative estimate of drug-likeness (QED) is 0.797. The number of carbonyl (C=O) groups excluding carboxylic acids is 1. The largest absolute Gasteiger partial charge is 0.497 e. The highest BCUT2D eigenvalue weighted by Crippen LogP contribution is 2.21. The van der Waals surface area contributed by atoms with Crippen LogP contribution in [-0.2, 0) is 4.74 Å². The van der Waals surface area contributed by atoms with Crippen LogP contribution in [0.15, 0.2) is 36.4 Å². The number of amides is 1. The molecule has 22 heavy (non-hydrogen) atoms. The molecule has 0 saturated heterocycles. The zero-order valence-corrected chi connectivity index (χ0v) is 13.4. The molecule has 0 fully saturated rings. The number of rotatable bonds is 7. The van der Waals surface area contributed by atoms with Crippen molar-refractivity contribution in [1.29, 1.82) is 0 Å². The van der Waals surface area contributed by atoms with E-state index in [-0.39, 0.29) is 12.0 Å².